The first kappa shape index (κ1) is 10.7. The second-order valence-corrected chi connectivity index (χ2v) is 4.09. The highest BCUT2D eigenvalue weighted by Crippen LogP contribution is 2.21. The van der Waals surface area contributed by atoms with Gasteiger partial charge in [0, 0.05) is 11.7 Å². The summed E-state index contributed by atoms with van der Waals surface area (Å²) in [5.74, 6) is 0. The summed E-state index contributed by atoms with van der Waals surface area (Å²) in [6, 6.07) is 19.1. The molecule has 0 aliphatic rings. The van der Waals surface area contributed by atoms with E-state index in [4.69, 9.17) is 0 Å². The third-order valence-corrected chi connectivity index (χ3v) is 2.81. The number of para-hydroxylation sites is 1. The Morgan fingerprint density at radius 3 is 2.19 bits per heavy atom. The number of anilines is 1. The van der Waals surface area contributed by atoms with Crippen molar-refractivity contribution in [3.05, 3.63) is 65.7 Å². The Morgan fingerprint density at radius 1 is 0.875 bits per heavy atom. The molecule has 1 unspecified atom stereocenters. The Bertz CT molecular complexity index is 448. The second kappa shape index (κ2) is 4.84. The van der Waals surface area contributed by atoms with Crippen molar-refractivity contribution >= 4 is 5.69 Å². The van der Waals surface area contributed by atoms with Gasteiger partial charge in [-0.3, -0.25) is 0 Å². The van der Waals surface area contributed by atoms with Crippen LogP contribution < -0.4 is 5.32 Å². The summed E-state index contributed by atoms with van der Waals surface area (Å²) in [5.41, 5.74) is 3.85. The summed E-state index contributed by atoms with van der Waals surface area (Å²) in [6.07, 6.45) is 0. The fourth-order valence-electron chi connectivity index (χ4n) is 1.93. The lowest BCUT2D eigenvalue weighted by Gasteiger charge is -2.17. The number of hydrogen-bond acceptors (Lipinski definition) is 1. The van der Waals surface area contributed by atoms with Gasteiger partial charge in [-0.15, -0.1) is 0 Å². The highest BCUT2D eigenvalue weighted by Gasteiger charge is 2.06. The zero-order valence-corrected chi connectivity index (χ0v) is 9.77. The zero-order valence-electron chi connectivity index (χ0n) is 9.77. The molecule has 82 valence electrons. The Labute approximate surface area is 97.1 Å². The first-order chi connectivity index (χ1) is 7.77. The third kappa shape index (κ3) is 2.43. The maximum absolute atomic E-state index is 3.50. The van der Waals surface area contributed by atoms with Crippen LogP contribution in [0.4, 0.5) is 5.69 Å². The van der Waals surface area contributed by atoms with E-state index in [1.54, 1.807) is 0 Å². The van der Waals surface area contributed by atoms with Crippen LogP contribution in [0.2, 0.25) is 0 Å². The maximum Gasteiger partial charge on any atom is 0.0488 e. The van der Waals surface area contributed by atoms with Crippen LogP contribution in [0.5, 0.6) is 0 Å². The van der Waals surface area contributed by atoms with Crippen molar-refractivity contribution < 1.29 is 0 Å². The maximum atomic E-state index is 3.50. The van der Waals surface area contributed by atoms with Gasteiger partial charge in [0.2, 0.25) is 0 Å². The number of hydrogen-bond donors (Lipinski definition) is 1. The van der Waals surface area contributed by atoms with E-state index in [0.29, 0.717) is 6.04 Å². The Kier molecular flexibility index (Phi) is 3.25. The molecule has 0 amide bonds. The van der Waals surface area contributed by atoms with Gasteiger partial charge in [-0.05, 0) is 37.1 Å². The molecule has 2 aromatic rings. The summed E-state index contributed by atoms with van der Waals surface area (Å²) in [5, 5.41) is 3.50. The molecule has 0 saturated heterocycles. The van der Waals surface area contributed by atoms with Crippen molar-refractivity contribution in [3.8, 4) is 0 Å². The number of aryl methyl sites for hydroxylation is 1. The van der Waals surface area contributed by atoms with E-state index in [-0.39, 0.29) is 0 Å². The van der Waals surface area contributed by atoms with Crippen LogP contribution in [0, 0.1) is 6.92 Å². The topological polar surface area (TPSA) is 12.0 Å². The Balaban J connectivity index is 2.15. The zero-order chi connectivity index (χ0) is 11.4. The quantitative estimate of drug-likeness (QED) is 0.803. The van der Waals surface area contributed by atoms with Crippen molar-refractivity contribution in [2.75, 3.05) is 5.32 Å². The van der Waals surface area contributed by atoms with Gasteiger partial charge in [0.05, 0.1) is 0 Å². The molecule has 1 atom stereocenters. The van der Waals surface area contributed by atoms with Crippen molar-refractivity contribution in [2.45, 2.75) is 19.9 Å². The largest absolute Gasteiger partial charge is 0.379 e. The minimum atomic E-state index is 0.337. The molecule has 1 heteroatoms. The SMILES string of the molecule is Cc1ccccc1C(C)Nc1ccccc1. The molecular formula is C15H17N. The highest BCUT2D eigenvalue weighted by atomic mass is 14.9. The Hall–Kier alpha value is -1.76. The predicted molar refractivity (Wildman–Crippen MR) is 69.7 cm³/mol. The van der Waals surface area contributed by atoms with Crippen molar-refractivity contribution in [1.29, 1.82) is 0 Å². The van der Waals surface area contributed by atoms with Crippen LogP contribution >= 0.6 is 0 Å². The molecule has 16 heavy (non-hydrogen) atoms. The first-order valence-electron chi connectivity index (χ1n) is 5.64. The molecule has 0 aromatic heterocycles. The number of benzene rings is 2. The molecule has 0 saturated carbocycles. The minimum Gasteiger partial charge on any atom is -0.379 e. The minimum absolute atomic E-state index is 0.337. The van der Waals surface area contributed by atoms with Crippen LogP contribution in [0.1, 0.15) is 24.1 Å². The van der Waals surface area contributed by atoms with Gasteiger partial charge in [-0.2, -0.15) is 0 Å². The highest BCUT2D eigenvalue weighted by molar-refractivity contribution is 5.45. The van der Waals surface area contributed by atoms with Gasteiger partial charge in [-0.1, -0.05) is 42.5 Å². The van der Waals surface area contributed by atoms with Crippen LogP contribution in [-0.2, 0) is 0 Å². The van der Waals surface area contributed by atoms with Crippen LogP contribution in [0.3, 0.4) is 0 Å². The van der Waals surface area contributed by atoms with E-state index in [9.17, 15) is 0 Å². The fourth-order valence-corrected chi connectivity index (χ4v) is 1.93. The van der Waals surface area contributed by atoms with Crippen molar-refractivity contribution in [2.24, 2.45) is 0 Å². The number of nitrogens with one attached hydrogen (secondary N) is 1. The Morgan fingerprint density at radius 2 is 1.50 bits per heavy atom. The monoisotopic (exact) mass is 211 g/mol. The van der Waals surface area contributed by atoms with E-state index in [0.717, 1.165) is 0 Å². The molecule has 1 N–H and O–H groups in total. The molecule has 0 fully saturated rings. The smallest absolute Gasteiger partial charge is 0.0488 e. The van der Waals surface area contributed by atoms with Gasteiger partial charge in [0.1, 0.15) is 0 Å². The number of rotatable bonds is 3. The summed E-state index contributed by atoms with van der Waals surface area (Å²) < 4.78 is 0. The molecule has 0 aliphatic carbocycles. The normalized spacial score (nSPS) is 12.1. The third-order valence-electron chi connectivity index (χ3n) is 2.81. The lowest BCUT2D eigenvalue weighted by Crippen LogP contribution is -2.07. The van der Waals surface area contributed by atoms with E-state index in [1.807, 2.05) is 18.2 Å². The van der Waals surface area contributed by atoms with Crippen molar-refractivity contribution in [3.63, 3.8) is 0 Å². The lowest BCUT2D eigenvalue weighted by molar-refractivity contribution is 0.874. The molecule has 1 nitrogen and oxygen atoms in total. The van der Waals surface area contributed by atoms with E-state index < -0.39 is 0 Å². The summed E-state index contributed by atoms with van der Waals surface area (Å²) in [6.45, 7) is 4.34. The van der Waals surface area contributed by atoms with E-state index in [1.165, 1.54) is 16.8 Å². The first-order valence-corrected chi connectivity index (χ1v) is 5.64. The van der Waals surface area contributed by atoms with Crippen LogP contribution in [0.15, 0.2) is 54.6 Å². The van der Waals surface area contributed by atoms with Crippen LogP contribution in [0.25, 0.3) is 0 Å². The second-order valence-electron chi connectivity index (χ2n) is 4.09. The molecule has 0 heterocycles. The van der Waals surface area contributed by atoms with Crippen LogP contribution in [-0.4, -0.2) is 0 Å². The molecule has 0 bridgehead atoms. The molecular weight excluding hydrogens is 194 g/mol. The summed E-state index contributed by atoms with van der Waals surface area (Å²) >= 11 is 0. The summed E-state index contributed by atoms with van der Waals surface area (Å²) in [4.78, 5) is 0. The van der Waals surface area contributed by atoms with Crippen molar-refractivity contribution in [1.82, 2.24) is 0 Å². The van der Waals surface area contributed by atoms with E-state index in [2.05, 4.69) is 55.6 Å². The summed E-state index contributed by atoms with van der Waals surface area (Å²) in [7, 11) is 0. The van der Waals surface area contributed by atoms with Gasteiger partial charge in [0.25, 0.3) is 0 Å². The fraction of sp³-hybridized carbons (Fsp3) is 0.200. The molecule has 0 spiro atoms. The predicted octanol–water partition coefficient (Wildman–Crippen LogP) is 4.17. The van der Waals surface area contributed by atoms with Gasteiger partial charge >= 0.3 is 0 Å². The van der Waals surface area contributed by atoms with Gasteiger partial charge in [-0.25, -0.2) is 0 Å². The molecule has 2 rings (SSSR count). The van der Waals surface area contributed by atoms with Gasteiger partial charge < -0.3 is 5.32 Å². The molecule has 0 aliphatic heterocycles. The standard InChI is InChI=1S/C15H17N/c1-12-8-6-7-11-15(12)13(2)16-14-9-4-3-5-10-14/h3-11,13,16H,1-2H3. The van der Waals surface area contributed by atoms with Gasteiger partial charge in [0.15, 0.2) is 0 Å². The average molecular weight is 211 g/mol. The average Bonchev–Trinajstić information content (AvgIpc) is 2.31. The van der Waals surface area contributed by atoms with E-state index >= 15 is 0 Å². The lowest BCUT2D eigenvalue weighted by atomic mass is 10.0. The molecule has 2 aromatic carbocycles. The molecule has 0 radical (unpaired) electrons.